The Balaban J connectivity index is 1.64. The van der Waals surface area contributed by atoms with Gasteiger partial charge in [-0.15, -0.1) is 10.2 Å². The second kappa shape index (κ2) is 7.18. The minimum Gasteiger partial charge on any atom is -0.497 e. The lowest BCUT2D eigenvalue weighted by atomic mass is 10.2. The first kappa shape index (κ1) is 17.8. The summed E-state index contributed by atoms with van der Waals surface area (Å²) < 4.78 is 18.3. The van der Waals surface area contributed by atoms with Crippen LogP contribution in [0.2, 0.25) is 0 Å². The molecule has 9 nitrogen and oxygen atoms in total. The quantitative estimate of drug-likeness (QED) is 0.671. The summed E-state index contributed by atoms with van der Waals surface area (Å²) in [6.07, 6.45) is -0.649. The van der Waals surface area contributed by atoms with Crippen molar-refractivity contribution in [3.8, 4) is 11.5 Å². The molecule has 0 bridgehead atoms. The maximum absolute atomic E-state index is 12.1. The number of amides is 1. The van der Waals surface area contributed by atoms with Crippen LogP contribution < -0.4 is 9.47 Å². The first-order valence-electron chi connectivity index (χ1n) is 8.66. The van der Waals surface area contributed by atoms with E-state index in [0.29, 0.717) is 23.0 Å². The molecule has 144 valence electrons. The average Bonchev–Trinajstić information content (AvgIpc) is 3.32. The van der Waals surface area contributed by atoms with Crippen molar-refractivity contribution in [3.63, 3.8) is 0 Å². The molecule has 1 aliphatic heterocycles. The van der Waals surface area contributed by atoms with Crippen molar-refractivity contribution in [3.05, 3.63) is 48.0 Å². The first-order valence-corrected chi connectivity index (χ1v) is 8.66. The normalized spacial score (nSPS) is 16.0. The van der Waals surface area contributed by atoms with Crippen LogP contribution in [0.5, 0.6) is 11.5 Å². The molecule has 2 heterocycles. The molecular formula is C19H19N5O4. The number of aromatic nitrogens is 3. The third kappa shape index (κ3) is 3.11. The number of carbonyl (C=O) groups is 1. The summed E-state index contributed by atoms with van der Waals surface area (Å²) in [4.78, 5) is 12.1. The zero-order valence-electron chi connectivity index (χ0n) is 15.7. The lowest BCUT2D eigenvalue weighted by Gasteiger charge is -2.19. The molecule has 1 aromatic heterocycles. The Morgan fingerprint density at radius 3 is 2.75 bits per heavy atom. The molecule has 0 spiro atoms. The second-order valence-corrected chi connectivity index (χ2v) is 6.17. The molecule has 0 N–H and O–H groups in total. The molecule has 1 amide bonds. The smallest absolute Gasteiger partial charge is 0.244 e. The van der Waals surface area contributed by atoms with Gasteiger partial charge in [0.1, 0.15) is 23.6 Å². The van der Waals surface area contributed by atoms with E-state index in [9.17, 15) is 4.79 Å². The highest BCUT2D eigenvalue weighted by Gasteiger charge is 2.34. The fourth-order valence-electron chi connectivity index (χ4n) is 3.05. The SMILES string of the molecule is COc1ccc(C2=NN(C(C)=O)[C@H](Cn3nnc4ccccc43)O2)c(OC)c1. The zero-order chi connectivity index (χ0) is 19.7. The van der Waals surface area contributed by atoms with Crippen molar-refractivity contribution < 1.29 is 19.0 Å². The summed E-state index contributed by atoms with van der Waals surface area (Å²) in [6, 6.07) is 12.9. The minimum absolute atomic E-state index is 0.239. The number of methoxy groups -OCH3 is 2. The van der Waals surface area contributed by atoms with E-state index in [1.54, 1.807) is 37.1 Å². The fourth-order valence-corrected chi connectivity index (χ4v) is 3.05. The third-order valence-corrected chi connectivity index (χ3v) is 4.43. The van der Waals surface area contributed by atoms with Gasteiger partial charge in [0.15, 0.2) is 0 Å². The predicted octanol–water partition coefficient (Wildman–Crippen LogP) is 2.02. The number of hydrogen-bond donors (Lipinski definition) is 0. The number of hydrogen-bond acceptors (Lipinski definition) is 7. The standard InChI is InChI=1S/C19H19N5O4/c1-12(25)24-18(11-23-16-7-5-4-6-15(16)20-22-23)28-19(21-24)14-9-8-13(26-2)10-17(14)27-3/h4-10,18H,11H2,1-3H3/t18-/m0/s1. The van der Waals surface area contributed by atoms with Gasteiger partial charge in [-0.05, 0) is 24.3 Å². The van der Waals surface area contributed by atoms with Crippen LogP contribution in [-0.2, 0) is 16.1 Å². The Morgan fingerprint density at radius 2 is 2.00 bits per heavy atom. The molecule has 0 aliphatic carbocycles. The van der Waals surface area contributed by atoms with Crippen molar-refractivity contribution >= 4 is 22.8 Å². The Labute approximate surface area is 161 Å². The predicted molar refractivity (Wildman–Crippen MR) is 101 cm³/mol. The van der Waals surface area contributed by atoms with Gasteiger partial charge in [-0.1, -0.05) is 17.3 Å². The number of ether oxygens (including phenoxy) is 3. The van der Waals surface area contributed by atoms with Crippen molar-refractivity contribution in [2.45, 2.75) is 19.7 Å². The summed E-state index contributed by atoms with van der Waals surface area (Å²) in [7, 11) is 3.13. The number of benzene rings is 2. The van der Waals surface area contributed by atoms with Crippen molar-refractivity contribution in [1.82, 2.24) is 20.0 Å². The second-order valence-electron chi connectivity index (χ2n) is 6.17. The monoisotopic (exact) mass is 381 g/mol. The van der Waals surface area contributed by atoms with Gasteiger partial charge in [-0.2, -0.15) is 5.01 Å². The van der Waals surface area contributed by atoms with Crippen LogP contribution in [0.4, 0.5) is 0 Å². The highest BCUT2D eigenvalue weighted by molar-refractivity contribution is 5.98. The minimum atomic E-state index is -0.649. The van der Waals surface area contributed by atoms with E-state index < -0.39 is 6.23 Å². The van der Waals surface area contributed by atoms with E-state index in [0.717, 1.165) is 11.0 Å². The van der Waals surface area contributed by atoms with E-state index in [4.69, 9.17) is 14.2 Å². The Kier molecular flexibility index (Phi) is 4.56. The van der Waals surface area contributed by atoms with Gasteiger partial charge in [0.05, 0.1) is 25.3 Å². The molecule has 0 unspecified atom stereocenters. The maximum atomic E-state index is 12.1. The van der Waals surface area contributed by atoms with Crippen LogP contribution in [0.1, 0.15) is 12.5 Å². The summed E-state index contributed by atoms with van der Waals surface area (Å²) in [5, 5.41) is 14.0. The summed E-state index contributed by atoms with van der Waals surface area (Å²) >= 11 is 0. The summed E-state index contributed by atoms with van der Waals surface area (Å²) in [5.41, 5.74) is 2.25. The largest absolute Gasteiger partial charge is 0.497 e. The number of hydrazone groups is 1. The third-order valence-electron chi connectivity index (χ3n) is 4.43. The number of carbonyl (C=O) groups excluding carboxylic acids is 1. The van der Waals surface area contributed by atoms with Crippen LogP contribution >= 0.6 is 0 Å². The van der Waals surface area contributed by atoms with Crippen LogP contribution in [0.15, 0.2) is 47.6 Å². The van der Waals surface area contributed by atoms with Crippen molar-refractivity contribution in [1.29, 1.82) is 0 Å². The van der Waals surface area contributed by atoms with Crippen LogP contribution in [0, 0.1) is 0 Å². The molecule has 2 aromatic carbocycles. The molecule has 1 aliphatic rings. The maximum Gasteiger partial charge on any atom is 0.244 e. The lowest BCUT2D eigenvalue weighted by Crippen LogP contribution is -2.35. The fraction of sp³-hybridized carbons (Fsp3) is 0.263. The molecule has 28 heavy (non-hydrogen) atoms. The van der Waals surface area contributed by atoms with Gasteiger partial charge in [0.2, 0.25) is 18.0 Å². The van der Waals surface area contributed by atoms with Gasteiger partial charge in [0.25, 0.3) is 0 Å². The molecular weight excluding hydrogens is 362 g/mol. The van der Waals surface area contributed by atoms with E-state index in [-0.39, 0.29) is 12.5 Å². The highest BCUT2D eigenvalue weighted by atomic mass is 16.5. The van der Waals surface area contributed by atoms with Crippen LogP contribution in [-0.4, -0.2) is 52.3 Å². The Bertz CT molecular complexity index is 1060. The molecule has 0 saturated heterocycles. The van der Waals surface area contributed by atoms with Crippen molar-refractivity contribution in [2.24, 2.45) is 5.10 Å². The topological polar surface area (TPSA) is 91.1 Å². The molecule has 1 atom stereocenters. The number of para-hydroxylation sites is 1. The Hall–Kier alpha value is -3.62. The van der Waals surface area contributed by atoms with E-state index >= 15 is 0 Å². The van der Waals surface area contributed by atoms with Crippen LogP contribution in [0.25, 0.3) is 11.0 Å². The van der Waals surface area contributed by atoms with Gasteiger partial charge < -0.3 is 14.2 Å². The number of rotatable bonds is 5. The van der Waals surface area contributed by atoms with E-state index in [2.05, 4.69) is 15.4 Å². The van der Waals surface area contributed by atoms with Gasteiger partial charge in [-0.25, -0.2) is 4.68 Å². The average molecular weight is 381 g/mol. The van der Waals surface area contributed by atoms with E-state index in [1.807, 2.05) is 24.3 Å². The van der Waals surface area contributed by atoms with Crippen LogP contribution in [0.3, 0.4) is 0 Å². The molecule has 3 aromatic rings. The highest BCUT2D eigenvalue weighted by Crippen LogP contribution is 2.29. The van der Waals surface area contributed by atoms with Gasteiger partial charge >= 0.3 is 0 Å². The van der Waals surface area contributed by atoms with Gasteiger partial charge in [-0.3, -0.25) is 4.79 Å². The summed E-state index contributed by atoms with van der Waals surface area (Å²) in [6.45, 7) is 1.72. The lowest BCUT2D eigenvalue weighted by molar-refractivity contribution is -0.135. The van der Waals surface area contributed by atoms with Crippen molar-refractivity contribution in [2.75, 3.05) is 14.2 Å². The molecule has 0 saturated carbocycles. The molecule has 9 heteroatoms. The van der Waals surface area contributed by atoms with E-state index in [1.165, 1.54) is 11.9 Å². The first-order chi connectivity index (χ1) is 13.6. The number of nitrogens with zero attached hydrogens (tertiary/aromatic N) is 5. The molecule has 0 radical (unpaired) electrons. The zero-order valence-corrected chi connectivity index (χ0v) is 15.7. The Morgan fingerprint density at radius 1 is 1.18 bits per heavy atom. The molecule has 0 fully saturated rings. The summed E-state index contributed by atoms with van der Waals surface area (Å²) in [5.74, 6) is 1.24. The number of fused-ring (bicyclic) bond motifs is 1. The van der Waals surface area contributed by atoms with Gasteiger partial charge in [0, 0.05) is 13.0 Å². The molecule has 4 rings (SSSR count).